The minimum atomic E-state index is -0.528. The summed E-state index contributed by atoms with van der Waals surface area (Å²) in [6, 6.07) is 9.68. The predicted octanol–water partition coefficient (Wildman–Crippen LogP) is 3.66. The molecular formula is C19H22O5. The van der Waals surface area contributed by atoms with Gasteiger partial charge in [0.15, 0.2) is 18.3 Å². The summed E-state index contributed by atoms with van der Waals surface area (Å²) in [5.74, 6) is -0.185. The van der Waals surface area contributed by atoms with Crippen molar-refractivity contribution in [3.8, 4) is 11.5 Å². The number of esters is 1. The van der Waals surface area contributed by atoms with Crippen molar-refractivity contribution in [2.24, 2.45) is 0 Å². The van der Waals surface area contributed by atoms with E-state index in [1.54, 1.807) is 13.8 Å². The molecule has 2 rings (SSSR count). The van der Waals surface area contributed by atoms with Crippen molar-refractivity contribution in [3.05, 3.63) is 58.1 Å². The van der Waals surface area contributed by atoms with E-state index in [9.17, 15) is 9.90 Å². The van der Waals surface area contributed by atoms with E-state index in [1.807, 2.05) is 37.3 Å². The second kappa shape index (κ2) is 7.84. The third-order valence-electron chi connectivity index (χ3n) is 3.96. The van der Waals surface area contributed by atoms with Crippen LogP contribution in [0.15, 0.2) is 30.3 Å². The van der Waals surface area contributed by atoms with Crippen molar-refractivity contribution in [2.45, 2.75) is 27.4 Å². The zero-order chi connectivity index (χ0) is 17.7. The molecule has 0 aliphatic carbocycles. The molecule has 2 aromatic carbocycles. The van der Waals surface area contributed by atoms with Gasteiger partial charge in [0.05, 0.1) is 5.56 Å². The lowest BCUT2D eigenvalue weighted by molar-refractivity contribution is -0.0126. The Bertz CT molecular complexity index is 693. The summed E-state index contributed by atoms with van der Waals surface area (Å²) in [5, 5.41) is 10.5. The normalized spacial score (nSPS) is 10.5. The predicted molar refractivity (Wildman–Crippen MR) is 90.4 cm³/mol. The second-order valence-corrected chi connectivity index (χ2v) is 5.54. The zero-order valence-electron chi connectivity index (χ0n) is 14.4. The highest BCUT2D eigenvalue weighted by Gasteiger charge is 2.23. The lowest BCUT2D eigenvalue weighted by Crippen LogP contribution is -2.13. The molecule has 0 spiro atoms. The van der Waals surface area contributed by atoms with Crippen LogP contribution in [0.1, 0.15) is 32.6 Å². The SMILES string of the molecule is COCOC(=O)c1c(C)c(C)c(OCc2ccccc2)c(O)c1C. The van der Waals surface area contributed by atoms with Crippen molar-refractivity contribution in [2.75, 3.05) is 13.9 Å². The Morgan fingerprint density at radius 2 is 1.71 bits per heavy atom. The molecule has 0 saturated carbocycles. The fraction of sp³-hybridized carbons (Fsp3) is 0.316. The molecule has 5 nitrogen and oxygen atoms in total. The summed E-state index contributed by atoms with van der Waals surface area (Å²) < 4.78 is 15.6. The van der Waals surface area contributed by atoms with Gasteiger partial charge in [0.1, 0.15) is 6.61 Å². The van der Waals surface area contributed by atoms with Gasteiger partial charge in [-0.25, -0.2) is 4.79 Å². The lowest BCUT2D eigenvalue weighted by atomic mass is 9.96. The number of hydrogen-bond acceptors (Lipinski definition) is 5. The smallest absolute Gasteiger partial charge is 0.340 e. The number of phenols is 1. The minimum absolute atomic E-state index is 0.0432. The number of aromatic hydroxyl groups is 1. The van der Waals surface area contributed by atoms with E-state index in [-0.39, 0.29) is 12.5 Å². The van der Waals surface area contributed by atoms with E-state index in [0.717, 1.165) is 11.1 Å². The van der Waals surface area contributed by atoms with Gasteiger partial charge in [0.2, 0.25) is 0 Å². The van der Waals surface area contributed by atoms with Crippen LogP contribution in [0.2, 0.25) is 0 Å². The summed E-state index contributed by atoms with van der Waals surface area (Å²) in [6.07, 6.45) is 0. The van der Waals surface area contributed by atoms with E-state index in [4.69, 9.17) is 14.2 Å². The average Bonchev–Trinajstić information content (AvgIpc) is 2.59. The van der Waals surface area contributed by atoms with Crippen LogP contribution in [0.4, 0.5) is 0 Å². The molecule has 1 N–H and O–H groups in total. The molecule has 24 heavy (non-hydrogen) atoms. The molecule has 0 heterocycles. The number of benzene rings is 2. The van der Waals surface area contributed by atoms with E-state index in [2.05, 4.69) is 0 Å². The van der Waals surface area contributed by atoms with Crippen LogP contribution >= 0.6 is 0 Å². The monoisotopic (exact) mass is 330 g/mol. The summed E-state index contributed by atoms with van der Waals surface area (Å²) in [4.78, 5) is 12.2. The Labute approximate surface area is 141 Å². The summed E-state index contributed by atoms with van der Waals surface area (Å²) >= 11 is 0. The van der Waals surface area contributed by atoms with E-state index in [1.165, 1.54) is 7.11 Å². The fourth-order valence-electron chi connectivity index (χ4n) is 2.50. The summed E-state index contributed by atoms with van der Waals surface area (Å²) in [7, 11) is 1.44. The number of hydrogen-bond donors (Lipinski definition) is 1. The Morgan fingerprint density at radius 1 is 1.04 bits per heavy atom. The average molecular weight is 330 g/mol. The highest BCUT2D eigenvalue weighted by Crippen LogP contribution is 2.39. The van der Waals surface area contributed by atoms with Crippen LogP contribution in [-0.2, 0) is 16.1 Å². The van der Waals surface area contributed by atoms with Crippen molar-refractivity contribution in [3.63, 3.8) is 0 Å². The minimum Gasteiger partial charge on any atom is -0.504 e. The maximum Gasteiger partial charge on any atom is 0.340 e. The molecule has 0 radical (unpaired) electrons. The van der Waals surface area contributed by atoms with Crippen molar-refractivity contribution in [1.29, 1.82) is 0 Å². The largest absolute Gasteiger partial charge is 0.504 e. The number of methoxy groups -OCH3 is 1. The molecule has 0 saturated heterocycles. The van der Waals surface area contributed by atoms with Gasteiger partial charge in [-0.3, -0.25) is 0 Å². The van der Waals surface area contributed by atoms with Gasteiger partial charge in [-0.2, -0.15) is 0 Å². The molecule has 0 bridgehead atoms. The molecule has 0 fully saturated rings. The van der Waals surface area contributed by atoms with Gasteiger partial charge in [-0.15, -0.1) is 0 Å². The maximum absolute atomic E-state index is 12.2. The number of ether oxygens (including phenoxy) is 3. The van der Waals surface area contributed by atoms with Crippen LogP contribution in [0.5, 0.6) is 11.5 Å². The van der Waals surface area contributed by atoms with Gasteiger partial charge in [0.25, 0.3) is 0 Å². The first kappa shape index (κ1) is 17.8. The summed E-state index contributed by atoms with van der Waals surface area (Å²) in [6.45, 7) is 5.48. The lowest BCUT2D eigenvalue weighted by Gasteiger charge is -2.18. The molecule has 0 aliphatic rings. The first-order chi connectivity index (χ1) is 11.5. The van der Waals surface area contributed by atoms with Gasteiger partial charge >= 0.3 is 5.97 Å². The van der Waals surface area contributed by atoms with Crippen LogP contribution in [-0.4, -0.2) is 25.0 Å². The zero-order valence-corrected chi connectivity index (χ0v) is 14.4. The Morgan fingerprint density at radius 3 is 2.33 bits per heavy atom. The van der Waals surface area contributed by atoms with Crippen molar-refractivity contribution >= 4 is 5.97 Å². The topological polar surface area (TPSA) is 65.0 Å². The van der Waals surface area contributed by atoms with Crippen LogP contribution in [0.3, 0.4) is 0 Å². The first-order valence-corrected chi connectivity index (χ1v) is 7.62. The standard InChI is InChI=1S/C19H22O5/c1-12-13(2)18(23-10-15-8-6-5-7-9-15)17(20)14(3)16(12)19(21)24-11-22-4/h5-9,20H,10-11H2,1-4H3. The Balaban J connectivity index is 2.32. The number of rotatable bonds is 6. The van der Waals surface area contributed by atoms with E-state index in [0.29, 0.717) is 29.0 Å². The second-order valence-electron chi connectivity index (χ2n) is 5.54. The maximum atomic E-state index is 12.2. The van der Waals surface area contributed by atoms with Gasteiger partial charge in [-0.1, -0.05) is 30.3 Å². The quantitative estimate of drug-likeness (QED) is 0.647. The van der Waals surface area contributed by atoms with Crippen LogP contribution in [0.25, 0.3) is 0 Å². The van der Waals surface area contributed by atoms with Gasteiger partial charge in [0, 0.05) is 12.7 Å². The fourth-order valence-corrected chi connectivity index (χ4v) is 2.50. The first-order valence-electron chi connectivity index (χ1n) is 7.62. The Kier molecular flexibility index (Phi) is 5.82. The molecule has 5 heteroatoms. The van der Waals surface area contributed by atoms with Gasteiger partial charge < -0.3 is 19.3 Å². The number of phenolic OH excluding ortho intramolecular Hbond substituents is 1. The highest BCUT2D eigenvalue weighted by molar-refractivity contribution is 5.94. The molecule has 2 aromatic rings. The molecule has 0 aromatic heterocycles. The van der Waals surface area contributed by atoms with Crippen molar-refractivity contribution in [1.82, 2.24) is 0 Å². The summed E-state index contributed by atoms with van der Waals surface area (Å²) in [5.41, 5.74) is 3.19. The third-order valence-corrected chi connectivity index (χ3v) is 3.96. The van der Waals surface area contributed by atoms with Crippen molar-refractivity contribution < 1.29 is 24.1 Å². The molecule has 128 valence electrons. The van der Waals surface area contributed by atoms with Gasteiger partial charge in [-0.05, 0) is 37.5 Å². The third kappa shape index (κ3) is 3.68. The van der Waals surface area contributed by atoms with E-state index >= 15 is 0 Å². The number of carbonyl (C=O) groups excluding carboxylic acids is 1. The molecule has 0 aliphatic heterocycles. The molecule has 0 atom stereocenters. The van der Waals surface area contributed by atoms with Crippen LogP contribution in [0, 0.1) is 20.8 Å². The molecule has 0 unspecified atom stereocenters. The highest BCUT2D eigenvalue weighted by atomic mass is 16.7. The van der Waals surface area contributed by atoms with Crippen LogP contribution < -0.4 is 4.74 Å². The number of carbonyl (C=O) groups is 1. The van der Waals surface area contributed by atoms with E-state index < -0.39 is 5.97 Å². The Hall–Kier alpha value is -2.53. The molecule has 0 amide bonds. The molecular weight excluding hydrogens is 308 g/mol.